The number of ketones is 1. The van der Waals surface area contributed by atoms with Crippen molar-refractivity contribution in [1.29, 1.82) is 0 Å². The van der Waals surface area contributed by atoms with Gasteiger partial charge in [-0.1, -0.05) is 13.8 Å². The zero-order valence-corrected chi connectivity index (χ0v) is 21.6. The third kappa shape index (κ3) is 4.27. The van der Waals surface area contributed by atoms with Crippen LogP contribution < -0.4 is 0 Å². The molecule has 6 N–H and O–H groups in total. The molecular formula is C27H42O10. The number of carboxylic acids is 1. The van der Waals surface area contributed by atoms with Gasteiger partial charge in [-0.2, -0.15) is 0 Å². The Balaban J connectivity index is 1.29. The molecule has 10 nitrogen and oxygen atoms in total. The standard InChI is InChI=1S/C27H42O10/c1-26-8-7-13(36-25-22(33)20(31)21(32)23(37-25)24(34)35)9-12(26)3-4-14-15-5-6-16(18(30)11-28)27(15,2)10-17(29)19(14)26/h12-16,18-23,25,28,30-33H,3-11H2,1-2H3,(H,34,35)/t12?,13-,14?,15?,16?,18?,19?,20?,21?,22?,23+,25-,26?,27?/m1/s1. The summed E-state index contributed by atoms with van der Waals surface area (Å²) in [6.45, 7) is 4.07. The van der Waals surface area contributed by atoms with E-state index in [4.69, 9.17) is 9.47 Å². The molecule has 11 unspecified atom stereocenters. The molecule has 0 bridgehead atoms. The van der Waals surface area contributed by atoms with Crippen LogP contribution >= 0.6 is 0 Å². The van der Waals surface area contributed by atoms with Gasteiger partial charge in [0, 0.05) is 12.3 Å². The molecule has 0 amide bonds. The fourth-order valence-electron chi connectivity index (χ4n) is 9.31. The predicted molar refractivity (Wildman–Crippen MR) is 128 cm³/mol. The van der Waals surface area contributed by atoms with E-state index in [2.05, 4.69) is 13.8 Å². The Hall–Kier alpha value is -1.14. The van der Waals surface area contributed by atoms with E-state index in [1.165, 1.54) is 0 Å². The minimum atomic E-state index is -1.76. The first-order valence-electron chi connectivity index (χ1n) is 13.8. The quantitative estimate of drug-likeness (QED) is 0.276. The molecule has 1 saturated heterocycles. The van der Waals surface area contributed by atoms with Gasteiger partial charge in [-0.05, 0) is 79.4 Å². The topological polar surface area (TPSA) is 174 Å². The molecule has 0 spiro atoms. The second kappa shape index (κ2) is 9.80. The number of Topliss-reactive ketones (excluding diaryl/α,β-unsaturated/α-hetero) is 1. The number of fused-ring (bicyclic) bond motifs is 5. The maximum atomic E-state index is 13.8. The van der Waals surface area contributed by atoms with E-state index < -0.39 is 42.8 Å². The highest BCUT2D eigenvalue weighted by molar-refractivity contribution is 5.84. The van der Waals surface area contributed by atoms with Crippen LogP contribution in [-0.4, -0.2) is 91.9 Å². The van der Waals surface area contributed by atoms with Gasteiger partial charge in [0.15, 0.2) is 12.4 Å². The van der Waals surface area contributed by atoms with Crippen LogP contribution in [0.3, 0.4) is 0 Å². The van der Waals surface area contributed by atoms with Crippen LogP contribution in [0.1, 0.15) is 65.2 Å². The van der Waals surface area contributed by atoms with E-state index in [1.807, 2.05) is 0 Å². The van der Waals surface area contributed by atoms with Gasteiger partial charge in [-0.15, -0.1) is 0 Å². The number of carboxylic acid groups (broad SMARTS) is 1. The summed E-state index contributed by atoms with van der Waals surface area (Å²) < 4.78 is 11.3. The zero-order valence-electron chi connectivity index (χ0n) is 21.6. The highest BCUT2D eigenvalue weighted by atomic mass is 16.7. The maximum Gasteiger partial charge on any atom is 0.335 e. The molecule has 0 aromatic carbocycles. The molecule has 37 heavy (non-hydrogen) atoms. The van der Waals surface area contributed by atoms with Gasteiger partial charge in [0.1, 0.15) is 24.1 Å². The lowest BCUT2D eigenvalue weighted by Gasteiger charge is -2.60. The molecule has 5 aliphatic rings. The summed E-state index contributed by atoms with van der Waals surface area (Å²) in [6.07, 6.45) is -3.13. The first-order chi connectivity index (χ1) is 17.4. The number of carbonyl (C=O) groups excluding carboxylic acids is 1. The molecule has 1 aliphatic heterocycles. The average Bonchev–Trinajstić information content (AvgIpc) is 3.19. The van der Waals surface area contributed by atoms with Gasteiger partial charge in [0.05, 0.1) is 18.8 Å². The first-order valence-corrected chi connectivity index (χ1v) is 13.8. The number of ether oxygens (including phenoxy) is 2. The van der Waals surface area contributed by atoms with Crippen molar-refractivity contribution in [2.24, 2.45) is 40.4 Å². The van der Waals surface area contributed by atoms with Crippen LogP contribution in [0.5, 0.6) is 0 Å². The first kappa shape index (κ1) is 27.4. The smallest absolute Gasteiger partial charge is 0.335 e. The second-order valence-electron chi connectivity index (χ2n) is 12.9. The second-order valence-corrected chi connectivity index (χ2v) is 12.9. The van der Waals surface area contributed by atoms with Gasteiger partial charge in [0.2, 0.25) is 0 Å². The molecule has 0 aromatic heterocycles. The van der Waals surface area contributed by atoms with Crippen LogP contribution in [-0.2, 0) is 19.1 Å². The Bertz CT molecular complexity index is 896. The normalized spacial score (nSPS) is 52.6. The average molecular weight is 527 g/mol. The van der Waals surface area contributed by atoms with Crippen molar-refractivity contribution in [1.82, 2.24) is 0 Å². The van der Waals surface area contributed by atoms with Gasteiger partial charge >= 0.3 is 5.97 Å². The number of aliphatic carboxylic acids is 1. The predicted octanol–water partition coefficient (Wildman–Crippen LogP) is 0.455. The van der Waals surface area contributed by atoms with E-state index in [1.54, 1.807) is 0 Å². The summed E-state index contributed by atoms with van der Waals surface area (Å²) >= 11 is 0. The lowest BCUT2D eigenvalue weighted by molar-refractivity contribution is -0.309. The minimum absolute atomic E-state index is 0.0554. The zero-order chi connectivity index (χ0) is 26.9. The molecule has 0 aromatic rings. The summed E-state index contributed by atoms with van der Waals surface area (Å²) in [7, 11) is 0. The van der Waals surface area contributed by atoms with Crippen molar-refractivity contribution in [3.63, 3.8) is 0 Å². The number of aliphatic hydroxyl groups excluding tert-OH is 5. The summed E-state index contributed by atoms with van der Waals surface area (Å²) in [5, 5.41) is 59.8. The van der Waals surface area contributed by atoms with Crippen molar-refractivity contribution in [3.05, 3.63) is 0 Å². The maximum absolute atomic E-state index is 13.8. The number of carbonyl (C=O) groups is 2. The van der Waals surface area contributed by atoms with Crippen LogP contribution in [0.4, 0.5) is 0 Å². The van der Waals surface area contributed by atoms with Gasteiger partial charge in [-0.3, -0.25) is 4.79 Å². The van der Waals surface area contributed by atoms with Gasteiger partial charge < -0.3 is 40.1 Å². The van der Waals surface area contributed by atoms with Crippen LogP contribution in [0.25, 0.3) is 0 Å². The molecule has 0 radical (unpaired) electrons. The molecule has 5 fully saturated rings. The molecule has 4 saturated carbocycles. The third-order valence-corrected chi connectivity index (χ3v) is 11.2. The fourth-order valence-corrected chi connectivity index (χ4v) is 9.31. The van der Waals surface area contributed by atoms with E-state index >= 15 is 0 Å². The Morgan fingerprint density at radius 2 is 1.78 bits per heavy atom. The highest BCUT2D eigenvalue weighted by Crippen LogP contribution is 2.67. The van der Waals surface area contributed by atoms with Crippen molar-refractivity contribution in [2.45, 2.75) is 108 Å². The third-order valence-electron chi connectivity index (χ3n) is 11.2. The summed E-state index contributed by atoms with van der Waals surface area (Å²) in [5.41, 5.74) is -0.481. The number of aliphatic hydroxyl groups is 5. The monoisotopic (exact) mass is 526 g/mol. The Morgan fingerprint density at radius 3 is 2.46 bits per heavy atom. The van der Waals surface area contributed by atoms with E-state index in [0.717, 1.165) is 32.1 Å². The molecule has 1 heterocycles. The van der Waals surface area contributed by atoms with Crippen molar-refractivity contribution in [3.8, 4) is 0 Å². The van der Waals surface area contributed by atoms with E-state index in [-0.39, 0.29) is 53.0 Å². The molecule has 5 rings (SSSR count). The summed E-state index contributed by atoms with van der Waals surface area (Å²) in [6, 6.07) is 0. The number of hydrogen-bond donors (Lipinski definition) is 6. The SMILES string of the molecule is CC12CC(=O)C3C(CCC4C[C@H](O[C@@H]5O[C@H](C(=O)O)C(O)C(O)C5O)CCC43C)C1CCC2C(O)CO. The Labute approximate surface area is 217 Å². The molecule has 10 heteroatoms. The molecule has 4 aliphatic carbocycles. The summed E-state index contributed by atoms with van der Waals surface area (Å²) in [4.78, 5) is 25.2. The fraction of sp³-hybridized carbons (Fsp3) is 0.926. The van der Waals surface area contributed by atoms with Gasteiger partial charge in [0.25, 0.3) is 0 Å². The molecule has 14 atom stereocenters. The van der Waals surface area contributed by atoms with Crippen LogP contribution in [0.15, 0.2) is 0 Å². The Kier molecular flexibility index (Phi) is 7.26. The van der Waals surface area contributed by atoms with Gasteiger partial charge in [-0.25, -0.2) is 4.79 Å². The molecular weight excluding hydrogens is 484 g/mol. The summed E-state index contributed by atoms with van der Waals surface area (Å²) in [5.74, 6) is -0.470. The largest absolute Gasteiger partial charge is 0.479 e. The number of hydrogen-bond acceptors (Lipinski definition) is 9. The highest BCUT2D eigenvalue weighted by Gasteiger charge is 2.64. The van der Waals surface area contributed by atoms with E-state index in [9.17, 15) is 40.2 Å². The minimum Gasteiger partial charge on any atom is -0.479 e. The lowest BCUT2D eigenvalue weighted by atomic mass is 9.44. The van der Waals surface area contributed by atoms with Crippen molar-refractivity contribution < 1.29 is 49.7 Å². The van der Waals surface area contributed by atoms with Crippen LogP contribution in [0, 0.1) is 40.4 Å². The number of rotatable bonds is 5. The van der Waals surface area contributed by atoms with E-state index in [0.29, 0.717) is 25.2 Å². The van der Waals surface area contributed by atoms with Crippen molar-refractivity contribution in [2.75, 3.05) is 6.61 Å². The Morgan fingerprint density at radius 1 is 1.05 bits per heavy atom. The lowest BCUT2D eigenvalue weighted by Crippen LogP contribution is -2.61. The van der Waals surface area contributed by atoms with Crippen molar-refractivity contribution >= 4 is 11.8 Å². The van der Waals surface area contributed by atoms with Crippen LogP contribution in [0.2, 0.25) is 0 Å². The molecule has 210 valence electrons.